The quantitative estimate of drug-likeness (QED) is 0.867. The highest BCUT2D eigenvalue weighted by molar-refractivity contribution is 9.10. The van der Waals surface area contributed by atoms with Crippen LogP contribution in [-0.2, 0) is 4.74 Å². The Morgan fingerprint density at radius 2 is 2.41 bits per heavy atom. The topological polar surface area (TPSA) is 72.8 Å². The lowest BCUT2D eigenvalue weighted by atomic mass is 10.2. The van der Waals surface area contributed by atoms with Crippen molar-refractivity contribution in [2.45, 2.75) is 25.5 Å². The van der Waals surface area contributed by atoms with Crippen molar-refractivity contribution >= 4 is 27.0 Å². The normalized spacial score (nSPS) is 20.9. The van der Waals surface area contributed by atoms with E-state index in [4.69, 9.17) is 4.74 Å². The van der Waals surface area contributed by atoms with Crippen LogP contribution in [0.4, 0.5) is 0 Å². The molecule has 2 aromatic rings. The molecule has 2 aromatic heterocycles. The van der Waals surface area contributed by atoms with Gasteiger partial charge in [-0.2, -0.15) is 5.10 Å². The Kier molecular flexibility index (Phi) is 2.71. The number of ether oxygens (including phenoxy) is 1. The highest BCUT2D eigenvalue weighted by Crippen LogP contribution is 2.27. The first-order valence-corrected chi connectivity index (χ1v) is 6.29. The molecule has 1 aliphatic rings. The molecule has 6 nitrogen and oxygen atoms in total. The summed E-state index contributed by atoms with van der Waals surface area (Å²) in [5.41, 5.74) is 0.372. The van der Waals surface area contributed by atoms with E-state index in [2.05, 4.69) is 31.0 Å². The highest BCUT2D eigenvalue weighted by Gasteiger charge is 2.22. The van der Waals surface area contributed by atoms with Gasteiger partial charge >= 0.3 is 0 Å². The molecule has 1 fully saturated rings. The van der Waals surface area contributed by atoms with Gasteiger partial charge in [-0.25, -0.2) is 9.67 Å². The van der Waals surface area contributed by atoms with Gasteiger partial charge < -0.3 is 9.72 Å². The first kappa shape index (κ1) is 10.9. The van der Waals surface area contributed by atoms with Gasteiger partial charge in [-0.05, 0) is 35.2 Å². The number of aromatic nitrogens is 4. The van der Waals surface area contributed by atoms with Crippen molar-refractivity contribution in [1.29, 1.82) is 0 Å². The van der Waals surface area contributed by atoms with Gasteiger partial charge in [-0.1, -0.05) is 0 Å². The van der Waals surface area contributed by atoms with Crippen LogP contribution >= 0.6 is 15.9 Å². The molecule has 1 unspecified atom stereocenters. The lowest BCUT2D eigenvalue weighted by molar-refractivity contribution is -0.0371. The second-order valence-electron chi connectivity index (χ2n) is 3.99. The minimum Gasteiger partial charge on any atom is -0.356 e. The van der Waals surface area contributed by atoms with Crippen molar-refractivity contribution in [2.75, 3.05) is 6.61 Å². The zero-order valence-corrected chi connectivity index (χ0v) is 10.6. The Labute approximate surface area is 105 Å². The van der Waals surface area contributed by atoms with E-state index in [1.807, 2.05) is 0 Å². The van der Waals surface area contributed by atoms with Gasteiger partial charge in [-0.3, -0.25) is 4.79 Å². The van der Waals surface area contributed by atoms with E-state index in [1.54, 1.807) is 4.68 Å². The summed E-state index contributed by atoms with van der Waals surface area (Å²) in [5, 5.41) is 4.77. The van der Waals surface area contributed by atoms with Crippen molar-refractivity contribution in [3.63, 3.8) is 0 Å². The van der Waals surface area contributed by atoms with Gasteiger partial charge in [-0.15, -0.1) is 0 Å². The number of rotatable bonds is 1. The van der Waals surface area contributed by atoms with E-state index in [0.29, 0.717) is 15.6 Å². The fourth-order valence-corrected chi connectivity index (χ4v) is 2.59. The molecule has 1 atom stereocenters. The van der Waals surface area contributed by atoms with Gasteiger partial charge in [0.1, 0.15) is 9.99 Å². The van der Waals surface area contributed by atoms with E-state index >= 15 is 0 Å². The maximum atomic E-state index is 11.7. The fourth-order valence-electron chi connectivity index (χ4n) is 2.06. The van der Waals surface area contributed by atoms with Crippen molar-refractivity contribution in [1.82, 2.24) is 19.7 Å². The van der Waals surface area contributed by atoms with Crippen LogP contribution in [0.15, 0.2) is 15.7 Å². The number of H-pyrrole nitrogens is 1. The lowest BCUT2D eigenvalue weighted by Crippen LogP contribution is -2.19. The predicted octanol–water partition coefficient (Wildman–Crippen LogP) is 1.58. The second-order valence-corrected chi connectivity index (χ2v) is 4.74. The first-order chi connectivity index (χ1) is 8.27. The zero-order chi connectivity index (χ0) is 11.8. The highest BCUT2D eigenvalue weighted by atomic mass is 79.9. The first-order valence-electron chi connectivity index (χ1n) is 5.50. The molecule has 0 saturated carbocycles. The summed E-state index contributed by atoms with van der Waals surface area (Å²) in [7, 11) is 0. The molecule has 0 amide bonds. The number of hydrogen-bond donors (Lipinski definition) is 1. The summed E-state index contributed by atoms with van der Waals surface area (Å²) >= 11 is 3.29. The lowest BCUT2D eigenvalue weighted by Gasteiger charge is -2.22. The molecule has 1 N–H and O–H groups in total. The molecule has 17 heavy (non-hydrogen) atoms. The summed E-state index contributed by atoms with van der Waals surface area (Å²) < 4.78 is 7.85. The Bertz CT molecular complexity index is 600. The van der Waals surface area contributed by atoms with Crippen LogP contribution in [0.3, 0.4) is 0 Å². The van der Waals surface area contributed by atoms with Gasteiger partial charge in [0, 0.05) is 6.61 Å². The van der Waals surface area contributed by atoms with Crippen LogP contribution in [-0.4, -0.2) is 26.4 Å². The number of hydrogen-bond acceptors (Lipinski definition) is 4. The molecule has 3 rings (SSSR count). The second kappa shape index (κ2) is 4.23. The number of halogens is 1. The summed E-state index contributed by atoms with van der Waals surface area (Å²) in [6.07, 6.45) is 4.35. The Morgan fingerprint density at radius 1 is 1.53 bits per heavy atom. The summed E-state index contributed by atoms with van der Waals surface area (Å²) in [4.78, 5) is 18.4. The van der Waals surface area contributed by atoms with E-state index in [9.17, 15) is 4.79 Å². The third-order valence-corrected chi connectivity index (χ3v) is 3.44. The molecular formula is C10H11BrN4O2. The average Bonchev–Trinajstić information content (AvgIpc) is 2.69. The van der Waals surface area contributed by atoms with Crippen LogP contribution in [0.2, 0.25) is 0 Å². The monoisotopic (exact) mass is 298 g/mol. The largest absolute Gasteiger partial charge is 0.356 e. The van der Waals surface area contributed by atoms with Crippen LogP contribution in [0.1, 0.15) is 25.5 Å². The summed E-state index contributed by atoms with van der Waals surface area (Å²) in [6.45, 7) is 0.729. The van der Waals surface area contributed by atoms with E-state index < -0.39 is 0 Å². The third kappa shape index (κ3) is 1.79. The van der Waals surface area contributed by atoms with Gasteiger partial charge in [0.05, 0.1) is 6.33 Å². The Balaban J connectivity index is 2.17. The minimum atomic E-state index is -0.191. The predicted molar refractivity (Wildman–Crippen MR) is 64.7 cm³/mol. The van der Waals surface area contributed by atoms with Crippen LogP contribution in [0.25, 0.3) is 11.0 Å². The van der Waals surface area contributed by atoms with E-state index in [-0.39, 0.29) is 11.8 Å². The van der Waals surface area contributed by atoms with Crippen molar-refractivity contribution in [2.24, 2.45) is 0 Å². The minimum absolute atomic E-state index is 0.119. The maximum absolute atomic E-state index is 11.7. The van der Waals surface area contributed by atoms with Crippen molar-refractivity contribution in [3.8, 4) is 0 Å². The van der Waals surface area contributed by atoms with Gasteiger partial charge in [0.2, 0.25) is 0 Å². The van der Waals surface area contributed by atoms with Gasteiger partial charge in [0.25, 0.3) is 5.56 Å². The fraction of sp³-hybridized carbons (Fsp3) is 0.500. The molecule has 0 spiro atoms. The maximum Gasteiger partial charge on any atom is 0.263 e. The zero-order valence-electron chi connectivity index (χ0n) is 9.02. The molecular weight excluding hydrogens is 288 g/mol. The molecule has 0 bridgehead atoms. The van der Waals surface area contributed by atoms with Crippen LogP contribution < -0.4 is 5.56 Å². The van der Waals surface area contributed by atoms with Crippen LogP contribution in [0, 0.1) is 0 Å². The Morgan fingerprint density at radius 3 is 3.18 bits per heavy atom. The molecule has 0 aliphatic carbocycles. The molecule has 0 radical (unpaired) electrons. The molecule has 90 valence electrons. The van der Waals surface area contributed by atoms with Crippen LogP contribution in [0.5, 0.6) is 0 Å². The van der Waals surface area contributed by atoms with Crippen molar-refractivity contribution in [3.05, 3.63) is 21.3 Å². The van der Waals surface area contributed by atoms with E-state index in [1.165, 1.54) is 6.33 Å². The van der Waals surface area contributed by atoms with E-state index in [0.717, 1.165) is 25.9 Å². The molecule has 3 heterocycles. The number of fused-ring (bicyclic) bond motifs is 1. The molecule has 1 saturated heterocycles. The standard InChI is InChI=1S/C10H11BrN4O2/c11-8-7-9(12-5-13-10(7)16)15(14-8)6-3-1-2-4-17-6/h5-6H,1-4H2,(H,12,13,16). The summed E-state index contributed by atoms with van der Waals surface area (Å²) in [6, 6.07) is 0. The number of nitrogens with one attached hydrogen (secondary N) is 1. The number of aromatic amines is 1. The average molecular weight is 299 g/mol. The van der Waals surface area contributed by atoms with Crippen molar-refractivity contribution < 1.29 is 4.74 Å². The smallest absolute Gasteiger partial charge is 0.263 e. The molecule has 7 heteroatoms. The van der Waals surface area contributed by atoms with Gasteiger partial charge in [0.15, 0.2) is 11.9 Å². The summed E-state index contributed by atoms with van der Waals surface area (Å²) in [5.74, 6) is 0. The molecule has 0 aromatic carbocycles. The number of nitrogens with zero attached hydrogens (tertiary/aromatic N) is 3. The third-order valence-electron chi connectivity index (χ3n) is 2.88. The SMILES string of the molecule is O=c1[nH]cnc2c1c(Br)nn2C1CCCCO1. The Hall–Kier alpha value is -1.21. The molecule has 1 aliphatic heterocycles.